The Bertz CT molecular complexity index is 903. The Morgan fingerprint density at radius 1 is 1.22 bits per heavy atom. The van der Waals surface area contributed by atoms with Crippen LogP contribution in [-0.2, 0) is 14.3 Å². The van der Waals surface area contributed by atoms with E-state index in [4.69, 9.17) is 15.2 Å². The summed E-state index contributed by atoms with van der Waals surface area (Å²) >= 11 is 1.09. The second-order valence-corrected chi connectivity index (χ2v) is 11.2. The molecule has 11 heteroatoms. The summed E-state index contributed by atoms with van der Waals surface area (Å²) in [6.07, 6.45) is -2.04. The smallest absolute Gasteiger partial charge is 0.338 e. The Hall–Kier alpha value is -1.89. The van der Waals surface area contributed by atoms with Crippen LogP contribution >= 0.6 is 11.8 Å². The number of aliphatic hydroxyl groups excluding tert-OH is 4. The lowest BCUT2D eigenvalue weighted by Crippen LogP contribution is -2.65. The molecule has 0 spiro atoms. The molecule has 10 nitrogen and oxygen atoms in total. The van der Waals surface area contributed by atoms with Crippen LogP contribution in [0.4, 0.5) is 5.69 Å². The maximum absolute atomic E-state index is 13.0. The van der Waals surface area contributed by atoms with Gasteiger partial charge in [-0.3, -0.25) is 4.79 Å². The number of carbonyl (C=O) groups is 2. The number of esters is 1. The molecule has 0 bridgehead atoms. The van der Waals surface area contributed by atoms with Crippen molar-refractivity contribution in [2.45, 2.75) is 87.9 Å². The molecule has 2 fully saturated rings. The van der Waals surface area contributed by atoms with Gasteiger partial charge in [0, 0.05) is 17.4 Å². The largest absolute Gasteiger partial charge is 0.461 e. The van der Waals surface area contributed by atoms with E-state index in [1.165, 1.54) is 13.0 Å². The molecule has 7 N–H and O–H groups in total. The minimum absolute atomic E-state index is 0.00533. The molecule has 0 aromatic heterocycles. The molecular formula is C26H40N2O8S. The number of benzene rings is 1. The fourth-order valence-electron chi connectivity index (χ4n) is 5.10. The van der Waals surface area contributed by atoms with Crippen LogP contribution in [0.15, 0.2) is 24.3 Å². The van der Waals surface area contributed by atoms with Crippen molar-refractivity contribution in [1.82, 2.24) is 5.32 Å². The molecule has 37 heavy (non-hydrogen) atoms. The number of amides is 1. The minimum Gasteiger partial charge on any atom is -0.461 e. The van der Waals surface area contributed by atoms with Crippen molar-refractivity contribution in [3.05, 3.63) is 29.8 Å². The van der Waals surface area contributed by atoms with E-state index in [-0.39, 0.29) is 24.2 Å². The van der Waals surface area contributed by atoms with E-state index in [1.807, 2.05) is 0 Å². The van der Waals surface area contributed by atoms with Crippen molar-refractivity contribution in [2.75, 3.05) is 18.1 Å². The van der Waals surface area contributed by atoms with Gasteiger partial charge >= 0.3 is 5.97 Å². The molecule has 1 saturated heterocycles. The molecule has 2 aliphatic rings. The first-order valence-corrected chi connectivity index (χ1v) is 14.0. The Labute approximate surface area is 221 Å². The number of aliphatic hydroxyl groups is 4. The number of rotatable bonds is 11. The quantitative estimate of drug-likeness (QED) is 0.135. The maximum atomic E-state index is 13.0. The Kier molecular flexibility index (Phi) is 11.0. The molecule has 9 atom stereocenters. The number of nitrogens with one attached hydrogen (secondary N) is 1. The van der Waals surface area contributed by atoms with Crippen LogP contribution in [0.5, 0.6) is 0 Å². The summed E-state index contributed by atoms with van der Waals surface area (Å²) in [6, 6.07) is 5.41. The van der Waals surface area contributed by atoms with Gasteiger partial charge in [-0.2, -0.15) is 0 Å². The number of nitrogen functional groups attached to an aromatic ring is 1. The van der Waals surface area contributed by atoms with Crippen LogP contribution in [0, 0.1) is 11.8 Å². The third-order valence-corrected chi connectivity index (χ3v) is 8.24. The van der Waals surface area contributed by atoms with Crippen molar-refractivity contribution in [3.8, 4) is 0 Å². The number of nitrogens with two attached hydrogens (primary N) is 1. The normalized spacial score (nSPS) is 31.5. The summed E-state index contributed by atoms with van der Waals surface area (Å²) in [7, 11) is 0. The zero-order valence-electron chi connectivity index (χ0n) is 21.4. The SMILES string of the molecule is CCC[C@H]1CC[C@H](C(=O)N[C@@H]([C@H]2O[C@H](SCCOC(=O)c3cccc(N)c3)[C@H](O)[C@@H](O)[C@H]2O)[C@@H](C)O)C1. The summed E-state index contributed by atoms with van der Waals surface area (Å²) < 4.78 is 11.2. The zero-order valence-corrected chi connectivity index (χ0v) is 22.2. The first-order chi connectivity index (χ1) is 17.6. The molecule has 0 unspecified atom stereocenters. The van der Waals surface area contributed by atoms with Crippen molar-refractivity contribution >= 4 is 29.3 Å². The molecule has 1 heterocycles. The molecular weight excluding hydrogens is 500 g/mol. The standard InChI is InChI=1S/C26H40N2O8S/c1-3-5-15-8-9-16(12-15)24(33)28-19(14(2)29)23-21(31)20(30)22(32)26(36-23)37-11-10-35-25(34)17-6-4-7-18(27)13-17/h4,6-7,13-16,19-23,26,29-32H,3,5,8-12,27H2,1-2H3,(H,28,33)/t14-,15+,16+,19-,20+,21-,22-,23-,26-/m1/s1. The van der Waals surface area contributed by atoms with E-state index in [2.05, 4.69) is 12.2 Å². The van der Waals surface area contributed by atoms with Gasteiger partial charge < -0.3 is 41.0 Å². The fraction of sp³-hybridized carbons (Fsp3) is 0.692. The van der Waals surface area contributed by atoms with E-state index in [0.29, 0.717) is 17.2 Å². The zero-order chi connectivity index (χ0) is 27.1. The van der Waals surface area contributed by atoms with Crippen LogP contribution in [-0.4, -0.2) is 86.7 Å². The van der Waals surface area contributed by atoms with Crippen molar-refractivity contribution in [3.63, 3.8) is 0 Å². The topological polar surface area (TPSA) is 172 Å². The van der Waals surface area contributed by atoms with Gasteiger partial charge in [0.05, 0.1) is 17.7 Å². The number of thioether (sulfide) groups is 1. The summed E-state index contributed by atoms with van der Waals surface area (Å²) in [5.41, 5.74) is 5.46. The van der Waals surface area contributed by atoms with Crippen molar-refractivity contribution in [1.29, 1.82) is 0 Å². The monoisotopic (exact) mass is 540 g/mol. The molecule has 0 radical (unpaired) electrons. The van der Waals surface area contributed by atoms with Gasteiger partial charge in [-0.25, -0.2) is 4.79 Å². The second-order valence-electron chi connectivity index (χ2n) is 10.0. The first-order valence-electron chi connectivity index (χ1n) is 12.9. The van der Waals surface area contributed by atoms with Crippen molar-refractivity contribution in [2.24, 2.45) is 11.8 Å². The van der Waals surface area contributed by atoms with Crippen LogP contribution in [0.1, 0.15) is 56.3 Å². The summed E-state index contributed by atoms with van der Waals surface area (Å²) in [5, 5.41) is 44.9. The Morgan fingerprint density at radius 3 is 2.65 bits per heavy atom. The average molecular weight is 541 g/mol. The Balaban J connectivity index is 1.57. The number of ether oxygens (including phenoxy) is 2. The third kappa shape index (κ3) is 7.81. The minimum atomic E-state index is -1.55. The summed E-state index contributed by atoms with van der Waals surface area (Å²) in [4.78, 5) is 25.1. The van der Waals surface area contributed by atoms with Gasteiger partial charge in [-0.05, 0) is 50.3 Å². The van der Waals surface area contributed by atoms with Crippen molar-refractivity contribution < 1.29 is 39.5 Å². The number of carbonyl (C=O) groups excluding carboxylic acids is 2. The third-order valence-electron chi connectivity index (χ3n) is 7.12. The number of hydrogen-bond donors (Lipinski definition) is 6. The number of hydrogen-bond acceptors (Lipinski definition) is 10. The van der Waals surface area contributed by atoms with Gasteiger partial charge in [-0.15, -0.1) is 11.8 Å². The van der Waals surface area contributed by atoms with Crippen LogP contribution in [0.25, 0.3) is 0 Å². The predicted octanol–water partition coefficient (Wildman–Crippen LogP) is 1.05. The molecule has 1 aliphatic carbocycles. The van der Waals surface area contributed by atoms with E-state index < -0.39 is 48.0 Å². The van der Waals surface area contributed by atoms with Gasteiger partial charge in [0.1, 0.15) is 36.5 Å². The molecule has 1 amide bonds. The van der Waals surface area contributed by atoms with E-state index in [9.17, 15) is 30.0 Å². The molecule has 1 saturated carbocycles. The van der Waals surface area contributed by atoms with Crippen LogP contribution < -0.4 is 11.1 Å². The van der Waals surface area contributed by atoms with Crippen LogP contribution in [0.3, 0.4) is 0 Å². The molecule has 3 rings (SSSR count). The number of anilines is 1. The lowest BCUT2D eigenvalue weighted by molar-refractivity contribution is -0.211. The fourth-order valence-corrected chi connectivity index (χ4v) is 6.08. The van der Waals surface area contributed by atoms with Gasteiger partial charge in [0.15, 0.2) is 0 Å². The van der Waals surface area contributed by atoms with Gasteiger partial charge in [0.2, 0.25) is 5.91 Å². The molecule has 1 aliphatic heterocycles. The molecule has 208 valence electrons. The summed E-state index contributed by atoms with van der Waals surface area (Å²) in [6.45, 7) is 3.60. The lowest BCUT2D eigenvalue weighted by atomic mass is 9.91. The second kappa shape index (κ2) is 13.8. The van der Waals surface area contributed by atoms with E-state index >= 15 is 0 Å². The average Bonchev–Trinajstić information content (AvgIpc) is 3.34. The lowest BCUT2D eigenvalue weighted by Gasteiger charge is -2.44. The summed E-state index contributed by atoms with van der Waals surface area (Å²) in [5.74, 6) is -0.185. The molecule has 1 aromatic carbocycles. The van der Waals surface area contributed by atoms with Crippen LogP contribution in [0.2, 0.25) is 0 Å². The Morgan fingerprint density at radius 2 is 1.97 bits per heavy atom. The predicted molar refractivity (Wildman–Crippen MR) is 140 cm³/mol. The molecule has 1 aromatic rings. The highest BCUT2D eigenvalue weighted by Crippen LogP contribution is 2.35. The highest BCUT2D eigenvalue weighted by atomic mass is 32.2. The highest BCUT2D eigenvalue weighted by Gasteiger charge is 2.48. The first kappa shape index (κ1) is 29.7. The van der Waals surface area contributed by atoms with E-state index in [0.717, 1.165) is 43.9 Å². The van der Waals surface area contributed by atoms with Gasteiger partial charge in [0.25, 0.3) is 0 Å². The van der Waals surface area contributed by atoms with Gasteiger partial charge in [-0.1, -0.05) is 25.8 Å². The maximum Gasteiger partial charge on any atom is 0.338 e. The highest BCUT2D eigenvalue weighted by molar-refractivity contribution is 7.99. The van der Waals surface area contributed by atoms with E-state index in [1.54, 1.807) is 18.2 Å².